The van der Waals surface area contributed by atoms with Crippen molar-refractivity contribution in [3.63, 3.8) is 0 Å². The van der Waals surface area contributed by atoms with Crippen LogP contribution in [0.4, 0.5) is 0 Å². The van der Waals surface area contributed by atoms with E-state index in [0.717, 1.165) is 5.57 Å². The van der Waals surface area contributed by atoms with Crippen LogP contribution in [0, 0.1) is 29.6 Å². The topological polar surface area (TPSA) is 65.0 Å². The molecule has 2 rings (SSSR count). The molecular weight excluding hydrogens is 294 g/mol. The number of oxime groups is 1. The number of ketones is 1. The Bertz CT molecular complexity index is 609. The van der Waals surface area contributed by atoms with E-state index in [1.165, 1.54) is 0 Å². The highest BCUT2D eigenvalue weighted by Crippen LogP contribution is 2.58. The van der Waals surface area contributed by atoms with Crippen LogP contribution in [-0.2, 0) is 19.2 Å². The SMILES string of the molecule is C#CCC1=C(C)C(OC(=O)C2C(/C=N/OCC)C2(C)C)CC1=O. The summed E-state index contributed by atoms with van der Waals surface area (Å²) in [7, 11) is 0. The Kier molecular flexibility index (Phi) is 4.93. The Morgan fingerprint density at radius 2 is 2.22 bits per heavy atom. The van der Waals surface area contributed by atoms with Gasteiger partial charge in [0, 0.05) is 24.1 Å². The van der Waals surface area contributed by atoms with Gasteiger partial charge in [-0.1, -0.05) is 19.0 Å². The minimum atomic E-state index is -0.487. The Labute approximate surface area is 137 Å². The summed E-state index contributed by atoms with van der Waals surface area (Å²) >= 11 is 0. The molecule has 0 aromatic rings. The van der Waals surface area contributed by atoms with Crippen LogP contribution in [0.1, 0.15) is 40.5 Å². The second kappa shape index (κ2) is 6.57. The van der Waals surface area contributed by atoms with E-state index in [4.69, 9.17) is 16.0 Å². The highest BCUT2D eigenvalue weighted by atomic mass is 16.6. The van der Waals surface area contributed by atoms with Crippen molar-refractivity contribution < 1.29 is 19.2 Å². The molecule has 0 radical (unpaired) electrons. The molecule has 124 valence electrons. The number of ether oxygens (including phenoxy) is 1. The molecule has 0 amide bonds. The van der Waals surface area contributed by atoms with Gasteiger partial charge >= 0.3 is 5.97 Å². The minimum absolute atomic E-state index is 0.00637. The molecule has 1 fully saturated rings. The lowest BCUT2D eigenvalue weighted by Crippen LogP contribution is -2.20. The summed E-state index contributed by atoms with van der Waals surface area (Å²) in [6, 6.07) is 0. The van der Waals surface area contributed by atoms with Crippen molar-refractivity contribution in [1.29, 1.82) is 0 Å². The number of esters is 1. The summed E-state index contributed by atoms with van der Waals surface area (Å²) in [6.07, 6.45) is 6.94. The van der Waals surface area contributed by atoms with E-state index in [9.17, 15) is 9.59 Å². The molecule has 5 nitrogen and oxygen atoms in total. The Balaban J connectivity index is 2.01. The summed E-state index contributed by atoms with van der Waals surface area (Å²) in [6.45, 7) is 8.13. The number of carbonyl (C=O) groups excluding carboxylic acids is 2. The van der Waals surface area contributed by atoms with Crippen molar-refractivity contribution in [1.82, 2.24) is 0 Å². The predicted molar refractivity (Wildman–Crippen MR) is 86.5 cm³/mol. The maximum Gasteiger partial charge on any atom is 0.310 e. The maximum absolute atomic E-state index is 12.4. The standard InChI is InChI=1S/C18H23NO4/c1-6-8-12-11(3)15(9-14(12)20)23-17(21)16-13(18(16,4)5)10-19-22-7-2/h1,10,13,15-16H,7-9H2,2-5H3/b19-10+. The fraction of sp³-hybridized carbons (Fsp3) is 0.611. The van der Waals surface area contributed by atoms with E-state index in [-0.39, 0.29) is 41.8 Å². The summed E-state index contributed by atoms with van der Waals surface area (Å²) in [5.41, 5.74) is 1.17. The number of hydrogen-bond donors (Lipinski definition) is 0. The van der Waals surface area contributed by atoms with Crippen molar-refractivity contribution >= 4 is 18.0 Å². The van der Waals surface area contributed by atoms with Crippen molar-refractivity contribution in [2.24, 2.45) is 22.4 Å². The second-order valence-electron chi connectivity index (χ2n) is 6.59. The Hall–Kier alpha value is -2.09. The highest BCUT2D eigenvalue weighted by Gasteiger charge is 2.62. The van der Waals surface area contributed by atoms with Gasteiger partial charge in [0.15, 0.2) is 5.78 Å². The molecule has 0 N–H and O–H groups in total. The van der Waals surface area contributed by atoms with Crippen LogP contribution in [0.15, 0.2) is 16.3 Å². The van der Waals surface area contributed by atoms with Crippen LogP contribution in [0.5, 0.6) is 0 Å². The molecule has 0 aromatic carbocycles. The van der Waals surface area contributed by atoms with E-state index < -0.39 is 6.10 Å². The zero-order valence-electron chi connectivity index (χ0n) is 14.1. The quantitative estimate of drug-likeness (QED) is 0.327. The molecular formula is C18H23NO4. The molecule has 0 saturated heterocycles. The molecule has 0 bridgehead atoms. The van der Waals surface area contributed by atoms with E-state index >= 15 is 0 Å². The zero-order valence-corrected chi connectivity index (χ0v) is 14.1. The molecule has 3 unspecified atom stereocenters. The van der Waals surface area contributed by atoms with Crippen LogP contribution in [0.2, 0.25) is 0 Å². The van der Waals surface area contributed by atoms with E-state index in [0.29, 0.717) is 12.2 Å². The van der Waals surface area contributed by atoms with Crippen LogP contribution >= 0.6 is 0 Å². The number of Topliss-reactive ketones (excluding diaryl/α,β-unsaturated/α-hetero) is 1. The number of hydrogen-bond acceptors (Lipinski definition) is 5. The Morgan fingerprint density at radius 1 is 1.52 bits per heavy atom. The van der Waals surface area contributed by atoms with Crippen molar-refractivity contribution in [2.75, 3.05) is 6.61 Å². The molecule has 2 aliphatic carbocycles. The van der Waals surface area contributed by atoms with Crippen LogP contribution in [0.3, 0.4) is 0 Å². The number of terminal acetylenes is 1. The van der Waals surface area contributed by atoms with Gasteiger partial charge in [-0.15, -0.1) is 12.3 Å². The summed E-state index contributed by atoms with van der Waals surface area (Å²) < 4.78 is 5.58. The van der Waals surface area contributed by atoms with E-state index in [2.05, 4.69) is 11.1 Å². The first-order chi connectivity index (χ1) is 10.8. The van der Waals surface area contributed by atoms with E-state index in [1.54, 1.807) is 6.21 Å². The van der Waals surface area contributed by atoms with Gasteiger partial charge in [0.1, 0.15) is 12.7 Å². The third-order valence-electron chi connectivity index (χ3n) is 4.79. The average molecular weight is 317 g/mol. The summed E-state index contributed by atoms with van der Waals surface area (Å²) in [5.74, 6) is 1.90. The predicted octanol–water partition coefficient (Wildman–Crippen LogP) is 2.51. The largest absolute Gasteiger partial charge is 0.457 e. The Morgan fingerprint density at radius 3 is 2.83 bits per heavy atom. The molecule has 0 spiro atoms. The molecule has 5 heteroatoms. The lowest BCUT2D eigenvalue weighted by molar-refractivity contribution is -0.150. The molecule has 0 aliphatic heterocycles. The first-order valence-corrected chi connectivity index (χ1v) is 7.86. The first-order valence-electron chi connectivity index (χ1n) is 7.86. The van der Waals surface area contributed by atoms with Gasteiger partial charge in [0.2, 0.25) is 0 Å². The first kappa shape index (κ1) is 17.3. The number of carbonyl (C=O) groups is 2. The van der Waals surface area contributed by atoms with Gasteiger partial charge in [0.05, 0.1) is 12.3 Å². The van der Waals surface area contributed by atoms with Crippen molar-refractivity contribution in [3.8, 4) is 12.3 Å². The van der Waals surface area contributed by atoms with Gasteiger partial charge < -0.3 is 9.57 Å². The van der Waals surface area contributed by atoms with Crippen LogP contribution in [0.25, 0.3) is 0 Å². The molecule has 2 aliphatic rings. The zero-order chi connectivity index (χ0) is 17.2. The lowest BCUT2D eigenvalue weighted by atomic mass is 10.1. The molecule has 0 aromatic heterocycles. The van der Waals surface area contributed by atoms with E-state index in [1.807, 2.05) is 27.7 Å². The normalized spacial score (nSPS) is 28.8. The third kappa shape index (κ3) is 3.31. The lowest BCUT2D eigenvalue weighted by Gasteiger charge is -2.13. The third-order valence-corrected chi connectivity index (χ3v) is 4.79. The summed E-state index contributed by atoms with van der Waals surface area (Å²) in [4.78, 5) is 29.3. The number of nitrogens with zero attached hydrogens (tertiary/aromatic N) is 1. The van der Waals surface area contributed by atoms with Crippen LogP contribution in [-0.4, -0.2) is 30.7 Å². The van der Waals surface area contributed by atoms with Crippen molar-refractivity contribution in [2.45, 2.75) is 46.6 Å². The fourth-order valence-electron chi connectivity index (χ4n) is 3.13. The maximum atomic E-state index is 12.4. The van der Waals surface area contributed by atoms with Gasteiger partial charge in [0.25, 0.3) is 0 Å². The molecule has 0 heterocycles. The smallest absolute Gasteiger partial charge is 0.310 e. The summed E-state index contributed by atoms with van der Waals surface area (Å²) in [5, 5.41) is 3.86. The fourth-order valence-corrected chi connectivity index (χ4v) is 3.13. The van der Waals surface area contributed by atoms with Gasteiger partial charge in [-0.05, 0) is 24.8 Å². The van der Waals surface area contributed by atoms with Crippen molar-refractivity contribution in [3.05, 3.63) is 11.1 Å². The van der Waals surface area contributed by atoms with Crippen LogP contribution < -0.4 is 0 Å². The number of rotatable bonds is 6. The molecule has 23 heavy (non-hydrogen) atoms. The average Bonchev–Trinajstić information content (AvgIpc) is 2.94. The van der Waals surface area contributed by atoms with Gasteiger partial charge in [-0.3, -0.25) is 9.59 Å². The van der Waals surface area contributed by atoms with Gasteiger partial charge in [-0.25, -0.2) is 0 Å². The second-order valence-corrected chi connectivity index (χ2v) is 6.59. The highest BCUT2D eigenvalue weighted by molar-refractivity contribution is 6.00. The monoisotopic (exact) mass is 317 g/mol. The minimum Gasteiger partial charge on any atom is -0.457 e. The number of allylic oxidation sites excluding steroid dienone is 1. The molecule has 3 atom stereocenters. The molecule has 1 saturated carbocycles. The van der Waals surface area contributed by atoms with Gasteiger partial charge in [-0.2, -0.15) is 0 Å².